The van der Waals surface area contributed by atoms with Crippen molar-refractivity contribution in [2.75, 3.05) is 6.54 Å². The van der Waals surface area contributed by atoms with Crippen LogP contribution in [0.1, 0.15) is 24.2 Å². The highest BCUT2D eigenvalue weighted by Gasteiger charge is 2.20. The zero-order chi connectivity index (χ0) is 20.1. The van der Waals surface area contributed by atoms with E-state index < -0.39 is 5.60 Å². The summed E-state index contributed by atoms with van der Waals surface area (Å²) in [5, 5.41) is 18.6. The minimum atomic E-state index is -1.01. The standard InChI is InChI=1S/C19H19ClN6O2/c1-19(2,28)9-23-18(27)12-7-21-17-16(12)24-13(8-22-17)15-11-5-4-10(20)6-14(11)26(3)25-15/h4-8,28H,9H2,1-3H3,(H,21,22)(H,23,27). The van der Waals surface area contributed by atoms with Crippen LogP contribution in [0.2, 0.25) is 5.02 Å². The summed E-state index contributed by atoms with van der Waals surface area (Å²) in [6.45, 7) is 3.37. The highest BCUT2D eigenvalue weighted by Crippen LogP contribution is 2.29. The minimum Gasteiger partial charge on any atom is -0.389 e. The number of aromatic amines is 1. The van der Waals surface area contributed by atoms with Gasteiger partial charge >= 0.3 is 0 Å². The number of rotatable bonds is 4. The number of aryl methyl sites for hydroxylation is 1. The fourth-order valence-corrected chi connectivity index (χ4v) is 3.16. The van der Waals surface area contributed by atoms with Crippen molar-refractivity contribution in [1.82, 2.24) is 30.0 Å². The number of halogens is 1. The first-order valence-corrected chi connectivity index (χ1v) is 9.08. The molecule has 0 spiro atoms. The maximum absolute atomic E-state index is 12.5. The van der Waals surface area contributed by atoms with Crippen LogP contribution in [0, 0.1) is 0 Å². The van der Waals surface area contributed by atoms with Crippen LogP contribution < -0.4 is 5.32 Å². The van der Waals surface area contributed by atoms with E-state index in [-0.39, 0.29) is 12.5 Å². The number of hydrogen-bond donors (Lipinski definition) is 3. The lowest BCUT2D eigenvalue weighted by atomic mass is 10.1. The number of nitrogens with zero attached hydrogens (tertiary/aromatic N) is 4. The molecule has 0 radical (unpaired) electrons. The smallest absolute Gasteiger partial charge is 0.255 e. The summed E-state index contributed by atoms with van der Waals surface area (Å²) in [6.07, 6.45) is 3.18. The molecule has 0 bridgehead atoms. The molecule has 3 N–H and O–H groups in total. The number of hydrogen-bond acceptors (Lipinski definition) is 5. The van der Waals surface area contributed by atoms with Gasteiger partial charge < -0.3 is 15.4 Å². The zero-order valence-corrected chi connectivity index (χ0v) is 16.4. The van der Waals surface area contributed by atoms with Gasteiger partial charge in [0.25, 0.3) is 5.91 Å². The third-order valence-electron chi connectivity index (χ3n) is 4.36. The fourth-order valence-electron chi connectivity index (χ4n) is 2.99. The van der Waals surface area contributed by atoms with Gasteiger partial charge in [0, 0.05) is 30.2 Å². The predicted molar refractivity (Wildman–Crippen MR) is 107 cm³/mol. The monoisotopic (exact) mass is 398 g/mol. The highest BCUT2D eigenvalue weighted by molar-refractivity contribution is 6.31. The second kappa shape index (κ2) is 6.57. The summed E-state index contributed by atoms with van der Waals surface area (Å²) >= 11 is 6.09. The van der Waals surface area contributed by atoms with E-state index in [4.69, 9.17) is 11.6 Å². The molecule has 1 aromatic carbocycles. The molecule has 0 fully saturated rings. The summed E-state index contributed by atoms with van der Waals surface area (Å²) in [7, 11) is 1.83. The number of aliphatic hydroxyl groups is 1. The van der Waals surface area contributed by atoms with Crippen LogP contribution in [0.25, 0.3) is 33.5 Å². The molecule has 4 aromatic rings. The third-order valence-corrected chi connectivity index (χ3v) is 4.60. The molecule has 0 aliphatic carbocycles. The lowest BCUT2D eigenvalue weighted by molar-refractivity contribution is 0.0695. The van der Waals surface area contributed by atoms with Crippen LogP contribution in [0.4, 0.5) is 0 Å². The Morgan fingerprint density at radius 2 is 2.18 bits per heavy atom. The van der Waals surface area contributed by atoms with Crippen molar-refractivity contribution >= 4 is 39.6 Å². The van der Waals surface area contributed by atoms with Crippen molar-refractivity contribution in [3.63, 3.8) is 0 Å². The highest BCUT2D eigenvalue weighted by atomic mass is 35.5. The minimum absolute atomic E-state index is 0.122. The topological polar surface area (TPSA) is 109 Å². The van der Waals surface area contributed by atoms with Crippen molar-refractivity contribution < 1.29 is 9.90 Å². The molecule has 8 nitrogen and oxygen atoms in total. The van der Waals surface area contributed by atoms with Crippen molar-refractivity contribution in [3.05, 3.63) is 41.2 Å². The third kappa shape index (κ3) is 3.32. The predicted octanol–water partition coefficient (Wildman–Crippen LogP) is 2.67. The normalized spacial score (nSPS) is 12.0. The number of benzene rings is 1. The van der Waals surface area contributed by atoms with E-state index in [2.05, 4.69) is 25.4 Å². The number of fused-ring (bicyclic) bond motifs is 2. The summed E-state index contributed by atoms with van der Waals surface area (Å²) in [5.74, 6) is -0.336. The molecule has 0 aliphatic heterocycles. The molecule has 3 aromatic heterocycles. The van der Waals surface area contributed by atoms with E-state index in [0.717, 1.165) is 10.9 Å². The Hall–Kier alpha value is -2.97. The number of carbonyl (C=O) groups is 1. The Balaban J connectivity index is 1.77. The van der Waals surface area contributed by atoms with E-state index in [9.17, 15) is 9.90 Å². The van der Waals surface area contributed by atoms with Crippen LogP contribution in [0.15, 0.2) is 30.6 Å². The second-order valence-electron chi connectivity index (χ2n) is 7.28. The Labute approximate surface area is 165 Å². The maximum Gasteiger partial charge on any atom is 0.255 e. The molecule has 3 heterocycles. The van der Waals surface area contributed by atoms with Gasteiger partial charge in [-0.1, -0.05) is 11.6 Å². The Morgan fingerprint density at radius 3 is 2.93 bits per heavy atom. The van der Waals surface area contributed by atoms with Crippen molar-refractivity contribution in [2.24, 2.45) is 7.05 Å². The van der Waals surface area contributed by atoms with Gasteiger partial charge in [-0.3, -0.25) is 9.48 Å². The lowest BCUT2D eigenvalue weighted by Gasteiger charge is -2.17. The molecule has 4 rings (SSSR count). The number of aromatic nitrogens is 5. The second-order valence-corrected chi connectivity index (χ2v) is 7.72. The van der Waals surface area contributed by atoms with E-state index in [0.29, 0.717) is 33.1 Å². The van der Waals surface area contributed by atoms with E-state index in [1.54, 1.807) is 37.0 Å². The number of amides is 1. The van der Waals surface area contributed by atoms with Gasteiger partial charge in [-0.05, 0) is 32.0 Å². The molecular weight excluding hydrogens is 380 g/mol. The first-order chi connectivity index (χ1) is 13.2. The van der Waals surface area contributed by atoms with Crippen LogP contribution >= 0.6 is 11.6 Å². The molecule has 0 unspecified atom stereocenters. The van der Waals surface area contributed by atoms with Crippen LogP contribution in [0.5, 0.6) is 0 Å². The van der Waals surface area contributed by atoms with Gasteiger partial charge in [0.15, 0.2) is 5.65 Å². The Bertz CT molecular complexity index is 1200. The van der Waals surface area contributed by atoms with Gasteiger partial charge in [-0.2, -0.15) is 5.10 Å². The number of nitrogens with one attached hydrogen (secondary N) is 2. The Kier molecular flexibility index (Phi) is 4.32. The first-order valence-electron chi connectivity index (χ1n) is 8.70. The van der Waals surface area contributed by atoms with Gasteiger partial charge in [-0.25, -0.2) is 9.97 Å². The Morgan fingerprint density at radius 1 is 1.39 bits per heavy atom. The van der Waals surface area contributed by atoms with Gasteiger partial charge in [0.2, 0.25) is 0 Å². The van der Waals surface area contributed by atoms with E-state index in [1.165, 1.54) is 0 Å². The van der Waals surface area contributed by atoms with Crippen molar-refractivity contribution in [1.29, 1.82) is 0 Å². The van der Waals surface area contributed by atoms with Crippen LogP contribution in [-0.4, -0.2) is 47.9 Å². The molecule has 0 atom stereocenters. The van der Waals surface area contributed by atoms with Crippen LogP contribution in [0.3, 0.4) is 0 Å². The SMILES string of the molecule is Cn1nc(-c2cnc3[nH]cc(C(=O)NCC(C)(C)O)c3n2)c2ccc(Cl)cc21. The number of H-pyrrole nitrogens is 1. The molecule has 0 saturated carbocycles. The van der Waals surface area contributed by atoms with E-state index >= 15 is 0 Å². The zero-order valence-electron chi connectivity index (χ0n) is 15.6. The molecule has 28 heavy (non-hydrogen) atoms. The lowest BCUT2D eigenvalue weighted by Crippen LogP contribution is -2.38. The summed E-state index contributed by atoms with van der Waals surface area (Å²) in [4.78, 5) is 24.5. The van der Waals surface area contributed by atoms with Crippen molar-refractivity contribution in [2.45, 2.75) is 19.4 Å². The summed E-state index contributed by atoms with van der Waals surface area (Å²) in [5.41, 5.74) is 2.38. The first kappa shape index (κ1) is 18.4. The van der Waals surface area contributed by atoms with Crippen LogP contribution in [-0.2, 0) is 7.05 Å². The molecular formula is C19H19ClN6O2. The maximum atomic E-state index is 12.5. The molecule has 9 heteroatoms. The van der Waals surface area contributed by atoms with Gasteiger partial charge in [-0.15, -0.1) is 0 Å². The van der Waals surface area contributed by atoms with Gasteiger partial charge in [0.1, 0.15) is 16.9 Å². The van der Waals surface area contributed by atoms with Gasteiger partial charge in [0.05, 0.1) is 22.9 Å². The number of carbonyl (C=O) groups excluding carboxylic acids is 1. The van der Waals surface area contributed by atoms with Crippen molar-refractivity contribution in [3.8, 4) is 11.4 Å². The quantitative estimate of drug-likeness (QED) is 0.489. The van der Waals surface area contributed by atoms with E-state index in [1.807, 2.05) is 19.2 Å². The average Bonchev–Trinajstić information content (AvgIpc) is 3.20. The molecule has 1 amide bonds. The average molecular weight is 399 g/mol. The molecule has 0 aliphatic rings. The summed E-state index contributed by atoms with van der Waals surface area (Å²) in [6, 6.07) is 5.53. The summed E-state index contributed by atoms with van der Waals surface area (Å²) < 4.78 is 1.73. The fraction of sp³-hybridized carbons (Fsp3) is 0.263. The largest absolute Gasteiger partial charge is 0.389 e. The molecule has 0 saturated heterocycles. The molecule has 144 valence electrons.